The molecule has 2 aliphatic heterocycles. The van der Waals surface area contributed by atoms with E-state index >= 15 is 4.39 Å². The van der Waals surface area contributed by atoms with Crippen molar-refractivity contribution in [3.63, 3.8) is 0 Å². The highest BCUT2D eigenvalue weighted by atomic mass is 32.2. The monoisotopic (exact) mass is 485 g/mol. The van der Waals surface area contributed by atoms with Crippen LogP contribution in [0.3, 0.4) is 0 Å². The van der Waals surface area contributed by atoms with Crippen LogP contribution in [0.25, 0.3) is 22.7 Å². The Hall–Kier alpha value is -3.54. The summed E-state index contributed by atoms with van der Waals surface area (Å²) in [7, 11) is -1.32. The van der Waals surface area contributed by atoms with Crippen LogP contribution in [0.1, 0.15) is 25.3 Å². The number of benzene rings is 1. The average Bonchev–Trinajstić information content (AvgIpc) is 3.22. The minimum atomic E-state index is -2.83. The molecule has 0 bridgehead atoms. The predicted molar refractivity (Wildman–Crippen MR) is 125 cm³/mol. The van der Waals surface area contributed by atoms with E-state index in [9.17, 15) is 4.21 Å². The Morgan fingerprint density at radius 3 is 2.82 bits per heavy atom. The van der Waals surface area contributed by atoms with Crippen LogP contribution in [-0.4, -0.2) is 55.6 Å². The molecule has 0 saturated carbocycles. The van der Waals surface area contributed by atoms with Crippen molar-refractivity contribution in [3.8, 4) is 28.6 Å². The van der Waals surface area contributed by atoms with E-state index in [2.05, 4.69) is 24.5 Å². The topological polar surface area (TPSA) is 132 Å². The first-order valence-corrected chi connectivity index (χ1v) is 12.4. The molecule has 2 atom stereocenters. The molecule has 1 aromatic carbocycles. The summed E-state index contributed by atoms with van der Waals surface area (Å²) in [5, 5.41) is 4.06. The Morgan fingerprint density at radius 2 is 2.06 bits per heavy atom. The van der Waals surface area contributed by atoms with Crippen molar-refractivity contribution in [1.82, 2.24) is 19.4 Å². The van der Waals surface area contributed by atoms with E-state index < -0.39 is 21.3 Å². The largest absolute Gasteiger partial charge is 0.480 e. The number of fused-ring (bicyclic) bond motifs is 1. The predicted octanol–water partition coefficient (Wildman–Crippen LogP) is 2.97. The lowest BCUT2D eigenvalue weighted by atomic mass is 9.92. The zero-order valence-corrected chi connectivity index (χ0v) is 19.6. The number of guanidine groups is 1. The van der Waals surface area contributed by atoms with Crippen molar-refractivity contribution in [3.05, 3.63) is 48.0 Å². The molecular formula is C22H24FN7O3S. The van der Waals surface area contributed by atoms with Gasteiger partial charge in [-0.1, -0.05) is 5.16 Å². The Morgan fingerprint density at radius 1 is 1.21 bits per heavy atom. The number of methoxy groups -OCH3 is 1. The van der Waals surface area contributed by atoms with Crippen LogP contribution in [0.4, 0.5) is 4.39 Å². The van der Waals surface area contributed by atoms with E-state index in [1.54, 1.807) is 29.4 Å². The number of rotatable bonds is 4. The third-order valence-electron chi connectivity index (χ3n) is 5.93. The molecule has 0 unspecified atom stereocenters. The fourth-order valence-electron chi connectivity index (χ4n) is 4.19. The van der Waals surface area contributed by atoms with Gasteiger partial charge in [0.1, 0.15) is 32.7 Å². The van der Waals surface area contributed by atoms with Crippen LogP contribution in [0, 0.1) is 5.82 Å². The van der Waals surface area contributed by atoms with Gasteiger partial charge in [-0.05, 0) is 38.0 Å². The molecule has 12 heteroatoms. The van der Waals surface area contributed by atoms with E-state index in [0.29, 0.717) is 41.7 Å². The highest BCUT2D eigenvalue weighted by molar-refractivity contribution is 7.92. The maximum absolute atomic E-state index is 15.1. The summed E-state index contributed by atoms with van der Waals surface area (Å²) in [4.78, 5) is 13.0. The minimum Gasteiger partial charge on any atom is -0.480 e. The molecular weight excluding hydrogens is 461 g/mol. The fraction of sp³-hybridized carbons (Fsp3) is 0.364. The molecule has 2 aliphatic rings. The Balaban J connectivity index is 1.52. The van der Waals surface area contributed by atoms with Gasteiger partial charge < -0.3 is 15.0 Å². The van der Waals surface area contributed by atoms with Gasteiger partial charge in [-0.2, -0.15) is 0 Å². The van der Waals surface area contributed by atoms with Gasteiger partial charge in [0.15, 0.2) is 5.76 Å². The Bertz CT molecular complexity index is 1380. The molecule has 10 nitrogen and oxygen atoms in total. The molecule has 0 radical (unpaired) electrons. The van der Waals surface area contributed by atoms with E-state index in [0.717, 1.165) is 12.8 Å². The number of hydrogen-bond acceptors (Lipinski definition) is 9. The smallest absolute Gasteiger partial charge is 0.232 e. The van der Waals surface area contributed by atoms with Crippen molar-refractivity contribution in [2.45, 2.75) is 25.3 Å². The third-order valence-corrected chi connectivity index (χ3v) is 8.52. The standard InChI is InChI=1S/C22H24FN7O3S/c1-22(13-34(31)27-7-3-4-8-30(34)21(24)28-22)15-9-14(5-6-16(15)23)19-10-17(29-33-19)18-11-26-20(32-2)12-25-18/h5-6,9-12H,3-4,7-8,13H2,1-2H3,(H2,24,28)/t22-,34-/m0/s1. The van der Waals surface area contributed by atoms with Gasteiger partial charge in [0, 0.05) is 23.7 Å². The number of aromatic nitrogens is 3. The summed E-state index contributed by atoms with van der Waals surface area (Å²) in [6.45, 7) is 2.73. The van der Waals surface area contributed by atoms with Gasteiger partial charge in [0.2, 0.25) is 11.8 Å². The molecule has 0 aliphatic carbocycles. The van der Waals surface area contributed by atoms with Gasteiger partial charge in [0.25, 0.3) is 0 Å². The second kappa shape index (κ2) is 8.35. The van der Waals surface area contributed by atoms with Crippen LogP contribution >= 0.6 is 0 Å². The quantitative estimate of drug-likeness (QED) is 0.601. The summed E-state index contributed by atoms with van der Waals surface area (Å²) in [5.41, 5.74) is 6.87. The molecule has 0 fully saturated rings. The number of nitrogens with zero attached hydrogens (tertiary/aromatic N) is 6. The van der Waals surface area contributed by atoms with Crippen molar-refractivity contribution in [1.29, 1.82) is 0 Å². The summed E-state index contributed by atoms with van der Waals surface area (Å²) in [6.07, 6.45) is 4.65. The first kappa shape index (κ1) is 22.3. The van der Waals surface area contributed by atoms with Gasteiger partial charge in [-0.25, -0.2) is 27.9 Å². The number of halogens is 1. The van der Waals surface area contributed by atoms with Crippen LogP contribution in [0.2, 0.25) is 0 Å². The SMILES string of the molecule is COc1cnc(-c2cc(-c3ccc(F)c([C@]4(C)C[S@]5(=O)=NCCCCN5C(N)=N4)c3)on2)cn1. The van der Waals surface area contributed by atoms with Crippen LogP contribution in [0.5, 0.6) is 5.88 Å². The van der Waals surface area contributed by atoms with E-state index in [1.165, 1.54) is 25.6 Å². The zero-order valence-electron chi connectivity index (χ0n) is 18.8. The Labute approximate surface area is 196 Å². The summed E-state index contributed by atoms with van der Waals surface area (Å²) in [5.74, 6) is 0.482. The highest BCUT2D eigenvalue weighted by Crippen LogP contribution is 2.37. The second-order valence-corrected chi connectivity index (χ2v) is 10.6. The lowest BCUT2D eigenvalue weighted by Crippen LogP contribution is -2.52. The summed E-state index contributed by atoms with van der Waals surface area (Å²) >= 11 is 0. The van der Waals surface area contributed by atoms with Crippen LogP contribution in [0.15, 0.2) is 50.5 Å². The summed E-state index contributed by atoms with van der Waals surface area (Å²) in [6, 6.07) is 6.24. The molecule has 5 rings (SSSR count). The lowest BCUT2D eigenvalue weighted by Gasteiger charge is -2.38. The van der Waals surface area contributed by atoms with Gasteiger partial charge in [-0.15, -0.1) is 0 Å². The molecule has 0 spiro atoms. The van der Waals surface area contributed by atoms with E-state index in [4.69, 9.17) is 15.0 Å². The molecule has 4 heterocycles. The Kier molecular flexibility index (Phi) is 5.47. The van der Waals surface area contributed by atoms with Gasteiger partial charge >= 0.3 is 0 Å². The van der Waals surface area contributed by atoms with Crippen LogP contribution < -0.4 is 10.5 Å². The average molecular weight is 486 g/mol. The van der Waals surface area contributed by atoms with E-state index in [1.807, 2.05) is 0 Å². The first-order valence-electron chi connectivity index (χ1n) is 10.8. The number of hydrogen-bond donors (Lipinski definition) is 1. The molecule has 0 saturated heterocycles. The number of ether oxygens (including phenoxy) is 1. The van der Waals surface area contributed by atoms with Crippen LogP contribution in [-0.2, 0) is 15.5 Å². The maximum Gasteiger partial charge on any atom is 0.232 e. The van der Waals surface area contributed by atoms with Gasteiger partial charge in [-0.3, -0.25) is 4.31 Å². The maximum atomic E-state index is 15.1. The van der Waals surface area contributed by atoms with Crippen molar-refractivity contribution >= 4 is 15.9 Å². The zero-order chi connectivity index (χ0) is 23.9. The molecule has 2 aromatic heterocycles. The fourth-order valence-corrected chi connectivity index (χ4v) is 6.69. The molecule has 3 aromatic rings. The third kappa shape index (κ3) is 3.87. The molecule has 2 N–H and O–H groups in total. The minimum absolute atomic E-state index is 0.0458. The van der Waals surface area contributed by atoms with Crippen molar-refractivity contribution < 1.29 is 17.9 Å². The highest BCUT2D eigenvalue weighted by Gasteiger charge is 2.42. The molecule has 178 valence electrons. The van der Waals surface area contributed by atoms with Gasteiger partial charge in [0.05, 0.1) is 31.8 Å². The van der Waals surface area contributed by atoms with Crippen molar-refractivity contribution in [2.24, 2.45) is 15.1 Å². The van der Waals surface area contributed by atoms with Crippen molar-refractivity contribution in [2.75, 3.05) is 26.0 Å². The first-order chi connectivity index (χ1) is 16.3. The van der Waals surface area contributed by atoms with E-state index in [-0.39, 0.29) is 17.3 Å². The number of nitrogens with two attached hydrogens (primary N) is 1. The normalized spacial score (nSPS) is 24.6. The lowest BCUT2D eigenvalue weighted by molar-refractivity contribution is 0.395. The molecule has 34 heavy (non-hydrogen) atoms. The number of aliphatic imine (C=N–C) groups is 1. The second-order valence-electron chi connectivity index (χ2n) is 8.37. The summed E-state index contributed by atoms with van der Waals surface area (Å²) < 4.78 is 45.3. The molecule has 0 amide bonds.